The second-order valence-corrected chi connectivity index (χ2v) is 14.9. The van der Waals surface area contributed by atoms with Crippen LogP contribution in [0.5, 0.6) is 17.2 Å². The van der Waals surface area contributed by atoms with Crippen LogP contribution < -0.4 is 14.2 Å². The Morgan fingerprint density at radius 1 is 0.519 bits per heavy atom. The standard InChI is InChI=1S/C43H57FO7S3/c1-5-6-7-14-21-38(49-41(52)46-35-17-10-8-11-18-35)32(3)22-29-40(51-43(54)48-37-26-24-34(44)25-27-37)33(4)23-28-39(31(2)16-15-30-45)50-42(53)47-36-19-12-9-13-20-36/h8-13,17-20,24-27,31-33,38-40,45H,5-7,14-16,21-23,28-30H2,1-4H3/t31-,32-,33+,38+,39+,40-/m1/s1. The summed E-state index contributed by atoms with van der Waals surface area (Å²) in [4.78, 5) is 0. The summed E-state index contributed by atoms with van der Waals surface area (Å²) in [5.74, 6) is 1.53. The van der Waals surface area contributed by atoms with Gasteiger partial charge < -0.3 is 33.5 Å². The molecule has 0 heterocycles. The van der Waals surface area contributed by atoms with E-state index in [4.69, 9.17) is 65.1 Å². The first-order chi connectivity index (χ1) is 26.1. The van der Waals surface area contributed by atoms with Crippen LogP contribution in [-0.2, 0) is 14.2 Å². The third kappa shape index (κ3) is 17.8. The average Bonchev–Trinajstić information content (AvgIpc) is 3.16. The van der Waals surface area contributed by atoms with Crippen molar-refractivity contribution in [1.29, 1.82) is 0 Å². The minimum atomic E-state index is -0.367. The van der Waals surface area contributed by atoms with E-state index in [1.165, 1.54) is 24.3 Å². The zero-order valence-electron chi connectivity index (χ0n) is 32.0. The van der Waals surface area contributed by atoms with E-state index in [1.807, 2.05) is 60.7 Å². The Labute approximate surface area is 337 Å². The normalized spacial score (nSPS) is 14.4. The van der Waals surface area contributed by atoms with Crippen LogP contribution in [0.25, 0.3) is 0 Å². The zero-order valence-corrected chi connectivity index (χ0v) is 34.5. The van der Waals surface area contributed by atoms with Crippen LogP contribution in [0, 0.1) is 23.6 Å². The van der Waals surface area contributed by atoms with Gasteiger partial charge in [0.1, 0.15) is 41.4 Å². The maximum Gasteiger partial charge on any atom is 0.358 e. The molecule has 296 valence electrons. The van der Waals surface area contributed by atoms with Crippen molar-refractivity contribution in [3.8, 4) is 17.2 Å². The molecule has 0 amide bonds. The summed E-state index contributed by atoms with van der Waals surface area (Å²) in [7, 11) is 0. The van der Waals surface area contributed by atoms with E-state index in [2.05, 4.69) is 27.7 Å². The molecule has 0 fully saturated rings. The largest absolute Gasteiger partial charge is 0.453 e. The van der Waals surface area contributed by atoms with E-state index >= 15 is 0 Å². The van der Waals surface area contributed by atoms with Crippen molar-refractivity contribution >= 4 is 52.4 Å². The van der Waals surface area contributed by atoms with Crippen molar-refractivity contribution in [1.82, 2.24) is 0 Å². The van der Waals surface area contributed by atoms with Crippen LogP contribution in [0.4, 0.5) is 4.39 Å². The molecule has 0 aliphatic heterocycles. The number of hydrogen-bond acceptors (Lipinski definition) is 10. The number of aliphatic hydroxyl groups excluding tert-OH is 1. The first kappa shape index (κ1) is 45.0. The zero-order chi connectivity index (χ0) is 39.1. The van der Waals surface area contributed by atoms with Crippen LogP contribution in [0.1, 0.15) is 98.3 Å². The predicted molar refractivity (Wildman–Crippen MR) is 225 cm³/mol. The second-order valence-electron chi connectivity index (χ2n) is 13.9. The summed E-state index contributed by atoms with van der Waals surface area (Å²) < 4.78 is 49.9. The Morgan fingerprint density at radius 2 is 0.926 bits per heavy atom. The maximum absolute atomic E-state index is 13.6. The number of para-hydroxylation sites is 2. The molecule has 7 nitrogen and oxygen atoms in total. The Hall–Kier alpha value is -3.38. The van der Waals surface area contributed by atoms with Gasteiger partial charge in [-0.2, -0.15) is 0 Å². The molecule has 0 radical (unpaired) electrons. The van der Waals surface area contributed by atoms with Crippen molar-refractivity contribution in [3.63, 3.8) is 0 Å². The molecule has 0 bridgehead atoms. The lowest BCUT2D eigenvalue weighted by atomic mass is 9.87. The first-order valence-electron chi connectivity index (χ1n) is 19.2. The van der Waals surface area contributed by atoms with Crippen molar-refractivity contribution < 1.29 is 37.9 Å². The molecule has 3 aromatic carbocycles. The molecule has 0 spiro atoms. The van der Waals surface area contributed by atoms with Crippen molar-refractivity contribution in [2.24, 2.45) is 17.8 Å². The van der Waals surface area contributed by atoms with Gasteiger partial charge in [-0.1, -0.05) is 83.4 Å². The molecule has 0 aromatic heterocycles. The number of aliphatic hydroxyl groups is 1. The smallest absolute Gasteiger partial charge is 0.358 e. The molecule has 1 N–H and O–H groups in total. The SMILES string of the molecule is CCCCCC[C@H](OC(=S)Oc1ccccc1)[C@H](C)CC[C@@H](OC(=S)Oc1ccc(F)cc1)[C@@H](C)CC[C@H](OC(=S)Oc1ccccc1)[C@H](C)CCCO. The van der Waals surface area contributed by atoms with Crippen LogP contribution in [0.3, 0.4) is 0 Å². The van der Waals surface area contributed by atoms with Gasteiger partial charge in [0.25, 0.3) is 0 Å². The lowest BCUT2D eigenvalue weighted by Crippen LogP contribution is -2.32. The molecule has 11 heteroatoms. The highest BCUT2D eigenvalue weighted by atomic mass is 32.1. The van der Waals surface area contributed by atoms with Crippen molar-refractivity contribution in [2.45, 2.75) is 117 Å². The number of rotatable bonds is 23. The van der Waals surface area contributed by atoms with E-state index < -0.39 is 0 Å². The minimum Gasteiger partial charge on any atom is -0.453 e. The molecule has 0 aliphatic rings. The highest BCUT2D eigenvalue weighted by Gasteiger charge is 2.29. The van der Waals surface area contributed by atoms with Crippen LogP contribution >= 0.6 is 36.7 Å². The van der Waals surface area contributed by atoms with E-state index in [0.717, 1.165) is 51.4 Å². The molecule has 0 saturated carbocycles. The fraction of sp³-hybridized carbons (Fsp3) is 0.512. The van der Waals surface area contributed by atoms with Gasteiger partial charge in [-0.05, 0) is 118 Å². The topological polar surface area (TPSA) is 75.6 Å². The van der Waals surface area contributed by atoms with Gasteiger partial charge in [0.15, 0.2) is 0 Å². The Balaban J connectivity index is 1.73. The molecular weight excluding hydrogens is 744 g/mol. The molecule has 0 saturated heterocycles. The molecule has 6 atom stereocenters. The number of thiocarbonyl (C=S) groups is 3. The summed E-state index contributed by atoms with van der Waals surface area (Å²) in [6.07, 6.45) is 8.85. The quantitative estimate of drug-likeness (QED) is 0.0740. The Morgan fingerprint density at radius 3 is 1.35 bits per heavy atom. The van der Waals surface area contributed by atoms with Crippen LogP contribution in [-0.4, -0.2) is 45.7 Å². The maximum atomic E-state index is 13.6. The summed E-state index contributed by atoms with van der Waals surface area (Å²) in [5.41, 5.74) is 0. The third-order valence-corrected chi connectivity index (χ3v) is 10.1. The second kappa shape index (κ2) is 25.7. The lowest BCUT2D eigenvalue weighted by Gasteiger charge is -2.30. The van der Waals surface area contributed by atoms with Gasteiger partial charge in [0, 0.05) is 43.3 Å². The number of ether oxygens (including phenoxy) is 6. The predicted octanol–water partition coefficient (Wildman–Crippen LogP) is 11.6. The number of benzene rings is 3. The lowest BCUT2D eigenvalue weighted by molar-refractivity contribution is 0.0490. The highest BCUT2D eigenvalue weighted by Crippen LogP contribution is 2.29. The van der Waals surface area contributed by atoms with Gasteiger partial charge in [0.05, 0.1) is 0 Å². The summed E-state index contributed by atoms with van der Waals surface area (Å²) in [5, 5.41) is 9.66. The van der Waals surface area contributed by atoms with E-state index in [9.17, 15) is 9.50 Å². The molecular formula is C43H57FO7S3. The number of halogens is 1. The highest BCUT2D eigenvalue weighted by molar-refractivity contribution is 7.80. The molecule has 0 aliphatic carbocycles. The molecule has 3 aromatic rings. The monoisotopic (exact) mass is 800 g/mol. The van der Waals surface area contributed by atoms with Gasteiger partial charge >= 0.3 is 15.7 Å². The average molecular weight is 801 g/mol. The fourth-order valence-electron chi connectivity index (χ4n) is 6.19. The van der Waals surface area contributed by atoms with Crippen molar-refractivity contribution in [3.05, 3.63) is 90.7 Å². The van der Waals surface area contributed by atoms with Crippen molar-refractivity contribution in [2.75, 3.05) is 6.61 Å². The van der Waals surface area contributed by atoms with Crippen LogP contribution in [0.2, 0.25) is 0 Å². The van der Waals surface area contributed by atoms with E-state index in [1.54, 1.807) is 0 Å². The summed E-state index contributed by atoms with van der Waals surface area (Å²) >= 11 is 16.6. The fourth-order valence-corrected chi connectivity index (χ4v) is 6.85. The minimum absolute atomic E-state index is 0.0261. The van der Waals surface area contributed by atoms with Gasteiger partial charge in [-0.3, -0.25) is 0 Å². The number of unbranched alkanes of at least 4 members (excludes halogenated alkanes) is 3. The Kier molecular flexibility index (Phi) is 21.4. The first-order valence-corrected chi connectivity index (χ1v) is 20.4. The number of hydrogen-bond donors (Lipinski definition) is 1. The molecule has 0 unspecified atom stereocenters. The van der Waals surface area contributed by atoms with E-state index in [0.29, 0.717) is 36.5 Å². The van der Waals surface area contributed by atoms with Gasteiger partial charge in [-0.25, -0.2) is 4.39 Å². The van der Waals surface area contributed by atoms with Gasteiger partial charge in [-0.15, -0.1) is 0 Å². The Bertz CT molecular complexity index is 1500. The van der Waals surface area contributed by atoms with Crippen LogP contribution in [0.15, 0.2) is 84.9 Å². The molecule has 54 heavy (non-hydrogen) atoms. The molecule has 3 rings (SSSR count). The van der Waals surface area contributed by atoms with Gasteiger partial charge in [0.2, 0.25) is 0 Å². The summed E-state index contributed by atoms with van der Waals surface area (Å²) in [6.45, 7) is 8.70. The third-order valence-electron chi connectivity index (χ3n) is 9.52. The summed E-state index contributed by atoms with van der Waals surface area (Å²) in [6, 6.07) is 24.4. The van der Waals surface area contributed by atoms with E-state index in [-0.39, 0.29) is 64.2 Å².